The minimum Gasteiger partial charge on any atom is -0.459 e. The number of hydrogen-bond donors (Lipinski definition) is 0. The van der Waals surface area contributed by atoms with Gasteiger partial charge in [0.05, 0.1) is 12.2 Å². The maximum Gasteiger partial charge on any atom is 0.350 e. The summed E-state index contributed by atoms with van der Waals surface area (Å²) in [5.41, 5.74) is 1.50. The van der Waals surface area contributed by atoms with Crippen molar-refractivity contribution < 1.29 is 13.9 Å². The molecule has 0 spiro atoms. The van der Waals surface area contributed by atoms with Gasteiger partial charge in [-0.15, -0.1) is 11.3 Å². The van der Waals surface area contributed by atoms with E-state index in [4.69, 9.17) is 9.15 Å². The Kier molecular flexibility index (Phi) is 5.03. The quantitative estimate of drug-likeness (QED) is 0.456. The van der Waals surface area contributed by atoms with Gasteiger partial charge >= 0.3 is 5.97 Å². The van der Waals surface area contributed by atoms with Gasteiger partial charge in [-0.2, -0.15) is 5.10 Å². The largest absolute Gasteiger partial charge is 0.459 e. The maximum atomic E-state index is 12.9. The van der Waals surface area contributed by atoms with Gasteiger partial charge in [0.15, 0.2) is 10.8 Å². The van der Waals surface area contributed by atoms with Crippen LogP contribution < -0.4 is 0 Å². The van der Waals surface area contributed by atoms with Gasteiger partial charge in [0.25, 0.3) is 0 Å². The molecule has 0 radical (unpaired) electrons. The van der Waals surface area contributed by atoms with E-state index in [0.717, 1.165) is 11.3 Å². The topological polar surface area (TPSA) is 83.0 Å². The van der Waals surface area contributed by atoms with E-state index in [-0.39, 0.29) is 0 Å². The Morgan fingerprint density at radius 3 is 2.71 bits per heavy atom. The summed E-state index contributed by atoms with van der Waals surface area (Å²) in [6, 6.07) is 13.3. The molecular weight excluding hydrogens is 376 g/mol. The molecule has 0 saturated heterocycles. The van der Waals surface area contributed by atoms with E-state index in [0.29, 0.717) is 27.9 Å². The van der Waals surface area contributed by atoms with Crippen LogP contribution in [0.15, 0.2) is 59.5 Å². The highest BCUT2D eigenvalue weighted by Crippen LogP contribution is 2.31. The second-order valence-electron chi connectivity index (χ2n) is 6.27. The SMILES string of the molecule is Cc1ccc(-c2nc(C)c(C(=O)OC(Cn3cncn3)c3ccccc3)s2)o1. The highest BCUT2D eigenvalue weighted by Gasteiger charge is 2.24. The number of hydrogen-bond acceptors (Lipinski definition) is 7. The van der Waals surface area contributed by atoms with Crippen LogP contribution in [0.2, 0.25) is 0 Å². The molecule has 1 aromatic carbocycles. The van der Waals surface area contributed by atoms with Crippen molar-refractivity contribution >= 4 is 17.3 Å². The summed E-state index contributed by atoms with van der Waals surface area (Å²) in [6.07, 6.45) is 2.56. The molecule has 4 rings (SSSR count). The van der Waals surface area contributed by atoms with Crippen LogP contribution in [0.4, 0.5) is 0 Å². The fraction of sp³-hybridized carbons (Fsp3) is 0.200. The Labute approximate surface area is 165 Å². The Morgan fingerprint density at radius 2 is 2.04 bits per heavy atom. The summed E-state index contributed by atoms with van der Waals surface area (Å²) in [6.45, 7) is 4.03. The Bertz CT molecular complexity index is 1070. The molecule has 0 bridgehead atoms. The number of nitrogens with zero attached hydrogens (tertiary/aromatic N) is 4. The molecule has 8 heteroatoms. The number of benzene rings is 1. The zero-order chi connectivity index (χ0) is 19.5. The van der Waals surface area contributed by atoms with E-state index in [1.165, 1.54) is 17.7 Å². The van der Waals surface area contributed by atoms with Crippen LogP contribution in [0, 0.1) is 13.8 Å². The lowest BCUT2D eigenvalue weighted by molar-refractivity contribution is 0.0251. The normalized spacial score (nSPS) is 12.1. The molecule has 0 aliphatic carbocycles. The van der Waals surface area contributed by atoms with Gasteiger partial charge in [-0.1, -0.05) is 30.3 Å². The van der Waals surface area contributed by atoms with Gasteiger partial charge in [-0.25, -0.2) is 19.4 Å². The molecule has 0 amide bonds. The second-order valence-corrected chi connectivity index (χ2v) is 7.27. The number of furan rings is 1. The molecule has 1 atom stereocenters. The first kappa shape index (κ1) is 18.1. The van der Waals surface area contributed by atoms with E-state index in [2.05, 4.69) is 15.1 Å². The molecule has 28 heavy (non-hydrogen) atoms. The number of carbonyl (C=O) groups excluding carboxylic acids is 1. The molecule has 0 aliphatic rings. The third-order valence-corrected chi connectivity index (χ3v) is 5.33. The van der Waals surface area contributed by atoms with Crippen molar-refractivity contribution in [3.8, 4) is 10.8 Å². The Morgan fingerprint density at radius 1 is 1.21 bits per heavy atom. The highest BCUT2D eigenvalue weighted by atomic mass is 32.1. The van der Waals surface area contributed by atoms with Crippen molar-refractivity contribution in [2.75, 3.05) is 0 Å². The number of thiazole rings is 1. The van der Waals surface area contributed by atoms with Gasteiger partial charge in [0.2, 0.25) is 0 Å². The molecule has 0 aliphatic heterocycles. The highest BCUT2D eigenvalue weighted by molar-refractivity contribution is 7.17. The zero-order valence-electron chi connectivity index (χ0n) is 15.4. The molecule has 7 nitrogen and oxygen atoms in total. The summed E-state index contributed by atoms with van der Waals surface area (Å²) < 4.78 is 13.1. The van der Waals surface area contributed by atoms with Gasteiger partial charge in [0.1, 0.15) is 29.4 Å². The van der Waals surface area contributed by atoms with Crippen LogP contribution in [0.1, 0.15) is 32.8 Å². The standard InChI is InChI=1S/C20H18N4O3S/c1-13-8-9-16(26-13)19-23-14(2)18(28-19)20(25)27-17(10-24-12-21-11-22-24)15-6-4-3-5-7-15/h3-9,11-12,17H,10H2,1-2H3. The zero-order valence-corrected chi connectivity index (χ0v) is 16.2. The van der Waals surface area contributed by atoms with E-state index in [9.17, 15) is 4.79 Å². The molecule has 0 saturated carbocycles. The maximum absolute atomic E-state index is 12.9. The Hall–Kier alpha value is -3.26. The molecular formula is C20H18N4O3S. The number of carbonyl (C=O) groups is 1. The number of esters is 1. The van der Waals surface area contributed by atoms with Crippen LogP contribution in [0.3, 0.4) is 0 Å². The van der Waals surface area contributed by atoms with Crippen molar-refractivity contribution in [1.29, 1.82) is 0 Å². The van der Waals surface area contributed by atoms with Crippen LogP contribution in [-0.4, -0.2) is 25.7 Å². The first-order chi connectivity index (χ1) is 13.6. The van der Waals surface area contributed by atoms with E-state index in [1.54, 1.807) is 17.9 Å². The lowest BCUT2D eigenvalue weighted by Gasteiger charge is -2.18. The summed E-state index contributed by atoms with van der Waals surface area (Å²) >= 11 is 1.27. The van der Waals surface area contributed by atoms with E-state index in [1.807, 2.05) is 49.4 Å². The van der Waals surface area contributed by atoms with Crippen LogP contribution in [0.5, 0.6) is 0 Å². The number of rotatable bonds is 6. The van der Waals surface area contributed by atoms with E-state index >= 15 is 0 Å². The molecule has 1 unspecified atom stereocenters. The van der Waals surface area contributed by atoms with Crippen molar-refractivity contribution in [2.24, 2.45) is 0 Å². The van der Waals surface area contributed by atoms with Gasteiger partial charge in [-0.05, 0) is 31.5 Å². The first-order valence-corrected chi connectivity index (χ1v) is 9.54. The summed E-state index contributed by atoms with van der Waals surface area (Å²) in [7, 11) is 0. The molecule has 3 aromatic heterocycles. The van der Waals surface area contributed by atoms with Gasteiger partial charge < -0.3 is 9.15 Å². The predicted octanol–water partition coefficient (Wildman–Crippen LogP) is 4.21. The molecule has 142 valence electrons. The van der Waals surface area contributed by atoms with E-state index < -0.39 is 12.1 Å². The van der Waals surface area contributed by atoms with Gasteiger partial charge in [-0.3, -0.25) is 0 Å². The monoisotopic (exact) mass is 394 g/mol. The number of ether oxygens (including phenoxy) is 1. The fourth-order valence-electron chi connectivity index (χ4n) is 2.80. The smallest absolute Gasteiger partial charge is 0.350 e. The third-order valence-electron chi connectivity index (χ3n) is 4.17. The van der Waals surface area contributed by atoms with Crippen LogP contribution in [0.25, 0.3) is 10.8 Å². The first-order valence-electron chi connectivity index (χ1n) is 8.72. The molecule has 0 fully saturated rings. The van der Waals surface area contributed by atoms with Gasteiger partial charge in [0, 0.05) is 0 Å². The summed E-state index contributed by atoms with van der Waals surface area (Å²) in [5, 5.41) is 4.77. The molecule has 3 heterocycles. The predicted molar refractivity (Wildman–Crippen MR) is 104 cm³/mol. The average Bonchev–Trinajstić information content (AvgIpc) is 3.43. The number of aryl methyl sites for hydroxylation is 2. The summed E-state index contributed by atoms with van der Waals surface area (Å²) in [5.74, 6) is 1.02. The van der Waals surface area contributed by atoms with Crippen LogP contribution in [-0.2, 0) is 11.3 Å². The minimum atomic E-state index is -0.494. The molecule has 4 aromatic rings. The third kappa shape index (κ3) is 3.86. The summed E-state index contributed by atoms with van der Waals surface area (Å²) in [4.78, 5) is 21.8. The van der Waals surface area contributed by atoms with Crippen LogP contribution >= 0.6 is 11.3 Å². The fourth-order valence-corrected chi connectivity index (χ4v) is 3.71. The second kappa shape index (κ2) is 7.77. The minimum absolute atomic E-state index is 0.373. The van der Waals surface area contributed by atoms with Crippen molar-refractivity contribution in [2.45, 2.75) is 26.5 Å². The Balaban J connectivity index is 1.58. The molecule has 0 N–H and O–H groups in total. The lowest BCUT2D eigenvalue weighted by Crippen LogP contribution is -2.17. The van der Waals surface area contributed by atoms with Crippen molar-refractivity contribution in [3.63, 3.8) is 0 Å². The lowest BCUT2D eigenvalue weighted by atomic mass is 10.1. The van der Waals surface area contributed by atoms with Crippen molar-refractivity contribution in [3.05, 3.63) is 77.0 Å². The van der Waals surface area contributed by atoms with Crippen molar-refractivity contribution in [1.82, 2.24) is 19.7 Å². The average molecular weight is 394 g/mol. The number of aromatic nitrogens is 4.